The Kier molecular flexibility index (Phi) is 4.73. The van der Waals surface area contributed by atoms with Gasteiger partial charge in [-0.25, -0.2) is 4.98 Å². The Morgan fingerprint density at radius 3 is 2.78 bits per heavy atom. The molecule has 0 spiro atoms. The van der Waals surface area contributed by atoms with E-state index in [0.717, 1.165) is 25.5 Å². The van der Waals surface area contributed by atoms with Gasteiger partial charge in [-0.2, -0.15) is 0 Å². The van der Waals surface area contributed by atoms with Gasteiger partial charge in [0.05, 0.1) is 0 Å². The zero-order valence-corrected chi connectivity index (χ0v) is 11.7. The van der Waals surface area contributed by atoms with E-state index in [2.05, 4.69) is 52.8 Å². The average Bonchev–Trinajstić information content (AvgIpc) is 2.84. The molecule has 0 unspecified atom stereocenters. The smallest absolute Gasteiger partial charge is 0.125 e. The molecule has 0 atom stereocenters. The van der Waals surface area contributed by atoms with Crippen LogP contribution in [0.4, 0.5) is 5.82 Å². The third-order valence-electron chi connectivity index (χ3n) is 2.64. The van der Waals surface area contributed by atoms with Crippen molar-refractivity contribution in [3.8, 4) is 0 Å². The minimum Gasteiger partial charge on any atom is -0.370 e. The van der Waals surface area contributed by atoms with Gasteiger partial charge in [-0.3, -0.25) is 4.90 Å². The van der Waals surface area contributed by atoms with Gasteiger partial charge in [-0.05, 0) is 37.0 Å². The molecule has 4 heteroatoms. The van der Waals surface area contributed by atoms with Crippen molar-refractivity contribution in [2.24, 2.45) is 0 Å². The molecule has 2 rings (SSSR count). The van der Waals surface area contributed by atoms with Gasteiger partial charge in [-0.15, -0.1) is 11.3 Å². The second-order valence-electron chi connectivity index (χ2n) is 4.33. The van der Waals surface area contributed by atoms with Crippen LogP contribution in [0.25, 0.3) is 0 Å². The number of nitrogens with one attached hydrogen (secondary N) is 1. The predicted molar refractivity (Wildman–Crippen MR) is 77.9 cm³/mol. The topological polar surface area (TPSA) is 28.2 Å². The fourth-order valence-corrected chi connectivity index (χ4v) is 2.62. The van der Waals surface area contributed by atoms with Crippen LogP contribution in [0.15, 0.2) is 35.8 Å². The summed E-state index contributed by atoms with van der Waals surface area (Å²) >= 11 is 1.80. The molecule has 0 aliphatic rings. The van der Waals surface area contributed by atoms with Gasteiger partial charge in [0.2, 0.25) is 0 Å². The highest BCUT2D eigenvalue weighted by Crippen LogP contribution is 2.13. The first-order valence-corrected chi connectivity index (χ1v) is 7.05. The maximum absolute atomic E-state index is 4.38. The van der Waals surface area contributed by atoms with Gasteiger partial charge in [0.25, 0.3) is 0 Å². The number of nitrogens with zero attached hydrogens (tertiary/aromatic N) is 2. The molecule has 3 nitrogen and oxygen atoms in total. The minimum atomic E-state index is 0.907. The van der Waals surface area contributed by atoms with E-state index >= 15 is 0 Å². The molecule has 0 radical (unpaired) electrons. The molecule has 0 aliphatic heterocycles. The van der Waals surface area contributed by atoms with Gasteiger partial charge >= 0.3 is 0 Å². The van der Waals surface area contributed by atoms with E-state index in [0.29, 0.717) is 0 Å². The van der Waals surface area contributed by atoms with Crippen LogP contribution in [0.5, 0.6) is 0 Å². The zero-order chi connectivity index (χ0) is 12.8. The number of pyridine rings is 1. The monoisotopic (exact) mass is 261 g/mol. The molecule has 1 N–H and O–H groups in total. The lowest BCUT2D eigenvalue weighted by atomic mass is 10.2. The standard InChI is InChI=1S/C14H19N3S/c1-3-15-14-7-6-12(9-16-14)10-17(2)11-13-5-4-8-18-13/h4-9H,3,10-11H2,1-2H3,(H,15,16). The van der Waals surface area contributed by atoms with Crippen LogP contribution in [0.1, 0.15) is 17.4 Å². The Hall–Kier alpha value is -1.39. The summed E-state index contributed by atoms with van der Waals surface area (Å²) in [6, 6.07) is 8.45. The van der Waals surface area contributed by atoms with E-state index in [1.807, 2.05) is 12.3 Å². The van der Waals surface area contributed by atoms with E-state index in [9.17, 15) is 0 Å². The second kappa shape index (κ2) is 6.52. The summed E-state index contributed by atoms with van der Waals surface area (Å²) in [5, 5.41) is 5.32. The highest BCUT2D eigenvalue weighted by Gasteiger charge is 2.03. The van der Waals surface area contributed by atoms with Crippen molar-refractivity contribution in [1.29, 1.82) is 0 Å². The quantitative estimate of drug-likeness (QED) is 0.865. The molecule has 0 bridgehead atoms. The Balaban J connectivity index is 1.88. The molecule has 2 heterocycles. The van der Waals surface area contributed by atoms with Gasteiger partial charge in [0, 0.05) is 30.7 Å². The van der Waals surface area contributed by atoms with Gasteiger partial charge in [0.1, 0.15) is 5.82 Å². The van der Waals surface area contributed by atoms with Crippen LogP contribution < -0.4 is 5.32 Å². The van der Waals surface area contributed by atoms with Crippen LogP contribution in [0.2, 0.25) is 0 Å². The lowest BCUT2D eigenvalue weighted by Crippen LogP contribution is -2.16. The molecule has 0 saturated carbocycles. The molecule has 18 heavy (non-hydrogen) atoms. The Morgan fingerprint density at radius 1 is 1.28 bits per heavy atom. The highest BCUT2D eigenvalue weighted by molar-refractivity contribution is 7.09. The maximum Gasteiger partial charge on any atom is 0.125 e. The van der Waals surface area contributed by atoms with Crippen LogP contribution in [-0.4, -0.2) is 23.5 Å². The Labute approximate surface area is 112 Å². The number of hydrogen-bond donors (Lipinski definition) is 1. The van der Waals surface area contributed by atoms with Crippen molar-refractivity contribution < 1.29 is 0 Å². The summed E-state index contributed by atoms with van der Waals surface area (Å²) in [6.45, 7) is 4.90. The number of hydrogen-bond acceptors (Lipinski definition) is 4. The highest BCUT2D eigenvalue weighted by atomic mass is 32.1. The molecular formula is C14H19N3S. The molecule has 0 saturated heterocycles. The van der Waals surface area contributed by atoms with Crippen molar-refractivity contribution in [2.45, 2.75) is 20.0 Å². The number of rotatable bonds is 6. The van der Waals surface area contributed by atoms with E-state index in [-0.39, 0.29) is 0 Å². The molecule has 96 valence electrons. The SMILES string of the molecule is CCNc1ccc(CN(C)Cc2cccs2)cn1. The summed E-state index contributed by atoms with van der Waals surface area (Å²) in [6.07, 6.45) is 1.95. The minimum absolute atomic E-state index is 0.907. The van der Waals surface area contributed by atoms with E-state index in [1.165, 1.54) is 10.4 Å². The number of aromatic nitrogens is 1. The summed E-state index contributed by atoms with van der Waals surface area (Å²) in [4.78, 5) is 8.08. The fraction of sp³-hybridized carbons (Fsp3) is 0.357. The van der Waals surface area contributed by atoms with Gasteiger partial charge in [-0.1, -0.05) is 12.1 Å². The number of anilines is 1. The summed E-state index contributed by atoms with van der Waals surface area (Å²) in [5.41, 5.74) is 1.25. The third kappa shape index (κ3) is 3.82. The molecule has 0 aliphatic carbocycles. The van der Waals surface area contributed by atoms with E-state index < -0.39 is 0 Å². The molecule has 0 fully saturated rings. The van der Waals surface area contributed by atoms with E-state index in [4.69, 9.17) is 0 Å². The summed E-state index contributed by atoms with van der Waals surface area (Å²) in [5.74, 6) is 0.946. The molecule has 2 aromatic heterocycles. The normalized spacial score (nSPS) is 10.8. The Bertz CT molecular complexity index is 450. The summed E-state index contributed by atoms with van der Waals surface area (Å²) < 4.78 is 0. The number of thiophene rings is 1. The first-order chi connectivity index (χ1) is 8.78. The van der Waals surface area contributed by atoms with Crippen molar-refractivity contribution >= 4 is 17.2 Å². The molecular weight excluding hydrogens is 242 g/mol. The lowest BCUT2D eigenvalue weighted by molar-refractivity contribution is 0.321. The molecule has 0 amide bonds. The third-order valence-corrected chi connectivity index (χ3v) is 3.50. The average molecular weight is 261 g/mol. The fourth-order valence-electron chi connectivity index (χ4n) is 1.84. The van der Waals surface area contributed by atoms with Crippen LogP contribution in [0.3, 0.4) is 0 Å². The van der Waals surface area contributed by atoms with Gasteiger partial charge < -0.3 is 5.32 Å². The zero-order valence-electron chi connectivity index (χ0n) is 10.9. The molecule has 2 aromatic rings. The van der Waals surface area contributed by atoms with Crippen LogP contribution in [0, 0.1) is 0 Å². The largest absolute Gasteiger partial charge is 0.370 e. The van der Waals surface area contributed by atoms with Crippen molar-refractivity contribution in [1.82, 2.24) is 9.88 Å². The van der Waals surface area contributed by atoms with Gasteiger partial charge in [0.15, 0.2) is 0 Å². The van der Waals surface area contributed by atoms with E-state index in [1.54, 1.807) is 11.3 Å². The first-order valence-electron chi connectivity index (χ1n) is 6.17. The first kappa shape index (κ1) is 13.1. The van der Waals surface area contributed by atoms with Crippen LogP contribution in [-0.2, 0) is 13.1 Å². The maximum atomic E-state index is 4.38. The lowest BCUT2D eigenvalue weighted by Gasteiger charge is -2.15. The second-order valence-corrected chi connectivity index (χ2v) is 5.37. The van der Waals surface area contributed by atoms with Crippen molar-refractivity contribution in [3.63, 3.8) is 0 Å². The molecule has 0 aromatic carbocycles. The van der Waals surface area contributed by atoms with Crippen molar-refractivity contribution in [3.05, 3.63) is 46.3 Å². The van der Waals surface area contributed by atoms with Crippen molar-refractivity contribution in [2.75, 3.05) is 18.9 Å². The predicted octanol–water partition coefficient (Wildman–Crippen LogP) is 3.21. The van der Waals surface area contributed by atoms with Crippen LogP contribution >= 0.6 is 11.3 Å². The Morgan fingerprint density at radius 2 is 2.17 bits per heavy atom. The summed E-state index contributed by atoms with van der Waals surface area (Å²) in [7, 11) is 2.14.